The number of amides is 3. The highest BCUT2D eigenvalue weighted by molar-refractivity contribution is 5.93. The minimum Gasteiger partial charge on any atom is -0.334 e. The first-order valence-corrected chi connectivity index (χ1v) is 11.1. The number of benzene rings is 3. The third-order valence-electron chi connectivity index (χ3n) is 5.97. The van der Waals surface area contributed by atoms with Gasteiger partial charge in [0.15, 0.2) is 0 Å². The van der Waals surface area contributed by atoms with Crippen LogP contribution in [0.15, 0.2) is 84.9 Å². The van der Waals surface area contributed by atoms with E-state index in [0.29, 0.717) is 13.1 Å². The fourth-order valence-corrected chi connectivity index (χ4v) is 4.27. The highest BCUT2D eigenvalue weighted by Crippen LogP contribution is 2.34. The summed E-state index contributed by atoms with van der Waals surface area (Å²) < 4.78 is 0. The third kappa shape index (κ3) is 5.35. The van der Waals surface area contributed by atoms with Crippen LogP contribution in [-0.2, 0) is 11.3 Å². The van der Waals surface area contributed by atoms with Gasteiger partial charge in [0, 0.05) is 18.8 Å². The number of carbonyl (C=O) groups is 2. The van der Waals surface area contributed by atoms with Crippen molar-refractivity contribution in [3.63, 3.8) is 0 Å². The monoisotopic (exact) mass is 427 g/mol. The van der Waals surface area contributed by atoms with Crippen molar-refractivity contribution in [3.8, 4) is 0 Å². The van der Waals surface area contributed by atoms with Crippen molar-refractivity contribution in [1.29, 1.82) is 0 Å². The average Bonchev–Trinajstić information content (AvgIpc) is 2.83. The Labute approximate surface area is 189 Å². The van der Waals surface area contributed by atoms with Gasteiger partial charge in [-0.25, -0.2) is 4.79 Å². The molecule has 1 fully saturated rings. The number of piperidine rings is 1. The van der Waals surface area contributed by atoms with Crippen molar-refractivity contribution in [3.05, 3.63) is 102 Å². The van der Waals surface area contributed by atoms with E-state index >= 15 is 0 Å². The molecule has 164 valence electrons. The molecule has 0 radical (unpaired) electrons. The molecule has 2 unspecified atom stereocenters. The molecule has 3 aromatic carbocycles. The fraction of sp³-hybridized carbons (Fsp3) is 0.259. The summed E-state index contributed by atoms with van der Waals surface area (Å²) in [7, 11) is 0. The summed E-state index contributed by atoms with van der Waals surface area (Å²) in [5, 5.41) is 6.04. The number of nitrogens with one attached hydrogen (secondary N) is 2. The van der Waals surface area contributed by atoms with Gasteiger partial charge in [-0.05, 0) is 43.0 Å². The van der Waals surface area contributed by atoms with Crippen LogP contribution in [0.2, 0.25) is 0 Å². The summed E-state index contributed by atoms with van der Waals surface area (Å²) in [4.78, 5) is 28.0. The molecule has 32 heavy (non-hydrogen) atoms. The van der Waals surface area contributed by atoms with Gasteiger partial charge in [0.2, 0.25) is 5.91 Å². The van der Waals surface area contributed by atoms with E-state index in [1.165, 1.54) is 0 Å². The first-order valence-electron chi connectivity index (χ1n) is 11.1. The van der Waals surface area contributed by atoms with E-state index in [1.54, 1.807) is 0 Å². The highest BCUT2D eigenvalue weighted by Gasteiger charge is 2.35. The molecule has 2 N–H and O–H groups in total. The standard InChI is InChI=1S/C27H29N3O2/c1-20-9-8-12-22(17-20)25-16-15-23(26(31)29-24-13-6-3-7-14-24)19-30(25)27(32)28-18-21-10-4-2-5-11-21/h2-14,17,23,25H,15-16,18-19H2,1H3,(H,28,32)(H,29,31). The maximum absolute atomic E-state index is 13.2. The molecule has 5 heteroatoms. The molecule has 0 aliphatic carbocycles. The van der Waals surface area contributed by atoms with Crippen LogP contribution in [-0.4, -0.2) is 23.4 Å². The first kappa shape index (κ1) is 21.6. The van der Waals surface area contributed by atoms with Gasteiger partial charge in [-0.2, -0.15) is 0 Å². The summed E-state index contributed by atoms with van der Waals surface area (Å²) in [6.45, 7) is 2.90. The first-order chi connectivity index (χ1) is 15.6. The lowest BCUT2D eigenvalue weighted by atomic mass is 9.88. The Balaban J connectivity index is 1.50. The van der Waals surface area contributed by atoms with E-state index in [0.717, 1.165) is 35.2 Å². The normalized spacial score (nSPS) is 18.1. The molecule has 1 aliphatic rings. The number of aryl methyl sites for hydroxylation is 1. The molecule has 0 saturated carbocycles. The van der Waals surface area contributed by atoms with Crippen molar-refractivity contribution in [2.75, 3.05) is 11.9 Å². The zero-order chi connectivity index (χ0) is 22.3. The van der Waals surface area contributed by atoms with Crippen LogP contribution in [0.5, 0.6) is 0 Å². The fourth-order valence-electron chi connectivity index (χ4n) is 4.27. The number of urea groups is 1. The number of hydrogen-bond donors (Lipinski definition) is 2. The quantitative estimate of drug-likeness (QED) is 0.581. The number of hydrogen-bond acceptors (Lipinski definition) is 2. The smallest absolute Gasteiger partial charge is 0.318 e. The molecule has 1 aliphatic heterocycles. The molecular formula is C27H29N3O2. The van der Waals surface area contributed by atoms with Crippen LogP contribution in [0.3, 0.4) is 0 Å². The number of anilines is 1. The maximum atomic E-state index is 13.2. The van der Waals surface area contributed by atoms with E-state index in [9.17, 15) is 9.59 Å². The largest absolute Gasteiger partial charge is 0.334 e. The SMILES string of the molecule is Cc1cccc(C2CCC(C(=O)Nc3ccccc3)CN2C(=O)NCc2ccccc2)c1. The predicted octanol–water partition coefficient (Wildman–Crippen LogP) is 5.30. The topological polar surface area (TPSA) is 61.4 Å². The van der Waals surface area contributed by atoms with Crippen LogP contribution in [0.1, 0.15) is 35.6 Å². The maximum Gasteiger partial charge on any atom is 0.318 e. The zero-order valence-electron chi connectivity index (χ0n) is 18.3. The lowest BCUT2D eigenvalue weighted by molar-refractivity contribution is -0.121. The highest BCUT2D eigenvalue weighted by atomic mass is 16.2. The molecule has 2 atom stereocenters. The van der Waals surface area contributed by atoms with Crippen molar-refractivity contribution in [1.82, 2.24) is 10.2 Å². The summed E-state index contributed by atoms with van der Waals surface area (Å²) in [6.07, 6.45) is 1.48. The Bertz CT molecular complexity index is 1050. The number of rotatable bonds is 5. The summed E-state index contributed by atoms with van der Waals surface area (Å²) in [6, 6.07) is 27.4. The van der Waals surface area contributed by atoms with Crippen LogP contribution < -0.4 is 10.6 Å². The second-order valence-electron chi connectivity index (χ2n) is 8.36. The second kappa shape index (κ2) is 10.1. The Kier molecular flexibility index (Phi) is 6.85. The summed E-state index contributed by atoms with van der Waals surface area (Å²) in [5.74, 6) is -0.293. The summed E-state index contributed by atoms with van der Waals surface area (Å²) in [5.41, 5.74) is 4.10. The zero-order valence-corrected chi connectivity index (χ0v) is 18.3. The van der Waals surface area contributed by atoms with Crippen LogP contribution >= 0.6 is 0 Å². The number of carbonyl (C=O) groups excluding carboxylic acids is 2. The minimum absolute atomic E-state index is 0.0419. The molecule has 0 bridgehead atoms. The molecule has 4 rings (SSSR count). The third-order valence-corrected chi connectivity index (χ3v) is 5.97. The molecule has 1 saturated heterocycles. The van der Waals surface area contributed by atoms with Gasteiger partial charge in [0.25, 0.3) is 0 Å². The Hall–Kier alpha value is -3.60. The molecule has 1 heterocycles. The van der Waals surface area contributed by atoms with Crippen molar-refractivity contribution in [2.24, 2.45) is 5.92 Å². The van der Waals surface area contributed by atoms with E-state index in [1.807, 2.05) is 71.6 Å². The Morgan fingerprint density at radius 3 is 2.34 bits per heavy atom. The van der Waals surface area contributed by atoms with Gasteiger partial charge in [-0.3, -0.25) is 4.79 Å². The van der Waals surface area contributed by atoms with Crippen LogP contribution in [0.25, 0.3) is 0 Å². The van der Waals surface area contributed by atoms with Gasteiger partial charge in [-0.1, -0.05) is 78.4 Å². The second-order valence-corrected chi connectivity index (χ2v) is 8.36. The lowest BCUT2D eigenvalue weighted by Crippen LogP contribution is -2.49. The van der Waals surface area contributed by atoms with Crippen molar-refractivity contribution < 1.29 is 9.59 Å². The van der Waals surface area contributed by atoms with Crippen molar-refractivity contribution in [2.45, 2.75) is 32.4 Å². The molecule has 3 amide bonds. The summed E-state index contributed by atoms with van der Waals surface area (Å²) >= 11 is 0. The molecule has 3 aromatic rings. The van der Waals surface area contributed by atoms with Gasteiger partial charge < -0.3 is 15.5 Å². The Morgan fingerprint density at radius 2 is 1.62 bits per heavy atom. The molecule has 5 nitrogen and oxygen atoms in total. The minimum atomic E-state index is -0.251. The van der Waals surface area contributed by atoms with Crippen LogP contribution in [0, 0.1) is 12.8 Å². The van der Waals surface area contributed by atoms with Gasteiger partial charge >= 0.3 is 6.03 Å². The lowest BCUT2D eigenvalue weighted by Gasteiger charge is -2.39. The predicted molar refractivity (Wildman–Crippen MR) is 127 cm³/mol. The van der Waals surface area contributed by atoms with E-state index in [4.69, 9.17) is 0 Å². The number of nitrogens with zero attached hydrogens (tertiary/aromatic N) is 1. The van der Waals surface area contributed by atoms with Crippen LogP contribution in [0.4, 0.5) is 10.5 Å². The van der Waals surface area contributed by atoms with E-state index in [-0.39, 0.29) is 23.9 Å². The van der Waals surface area contributed by atoms with Gasteiger partial charge in [0.05, 0.1) is 12.0 Å². The van der Waals surface area contributed by atoms with Gasteiger partial charge in [-0.15, -0.1) is 0 Å². The Morgan fingerprint density at radius 1 is 0.906 bits per heavy atom. The van der Waals surface area contributed by atoms with E-state index < -0.39 is 0 Å². The van der Waals surface area contributed by atoms with E-state index in [2.05, 4.69) is 35.8 Å². The average molecular weight is 428 g/mol. The number of likely N-dealkylation sites (tertiary alicyclic amines) is 1. The molecule has 0 spiro atoms. The van der Waals surface area contributed by atoms with Gasteiger partial charge in [0.1, 0.15) is 0 Å². The molecular weight excluding hydrogens is 398 g/mol. The number of para-hydroxylation sites is 1. The van der Waals surface area contributed by atoms with Crippen molar-refractivity contribution >= 4 is 17.6 Å². The molecule has 0 aromatic heterocycles.